The highest BCUT2D eigenvalue weighted by atomic mass is 32.2. The molecule has 1 aliphatic heterocycles. The molecule has 0 spiro atoms. The average molecular weight is 433 g/mol. The van der Waals surface area contributed by atoms with E-state index in [0.717, 1.165) is 12.8 Å². The topological polar surface area (TPSA) is 70.1 Å². The number of sulfonamides is 1. The zero-order chi connectivity index (χ0) is 21.7. The van der Waals surface area contributed by atoms with E-state index < -0.39 is 16.1 Å². The van der Waals surface area contributed by atoms with Crippen molar-refractivity contribution in [3.05, 3.63) is 54.6 Å². The molecule has 3 rings (SSSR count). The molecule has 0 bridgehead atoms. The summed E-state index contributed by atoms with van der Waals surface area (Å²) in [6.07, 6.45) is 2.53. The summed E-state index contributed by atoms with van der Waals surface area (Å²) < 4.78 is 33.7. The fourth-order valence-electron chi connectivity index (χ4n) is 4.21. The number of para-hydroxylation sites is 2. The van der Waals surface area contributed by atoms with Crippen LogP contribution < -0.4 is 9.04 Å². The van der Waals surface area contributed by atoms with E-state index in [1.54, 1.807) is 54.6 Å². The molecule has 30 heavy (non-hydrogen) atoms. The average Bonchev–Trinajstić information content (AvgIpc) is 2.75. The first kappa shape index (κ1) is 22.6. The molecular weight excluding hydrogens is 400 g/mol. The van der Waals surface area contributed by atoms with Crippen molar-refractivity contribution in [3.8, 4) is 5.75 Å². The zero-order valence-electron chi connectivity index (χ0n) is 17.9. The van der Waals surface area contributed by atoms with Crippen LogP contribution in [0.4, 0.5) is 5.69 Å². The number of rotatable bonds is 8. The Kier molecular flexibility index (Phi) is 7.39. The summed E-state index contributed by atoms with van der Waals surface area (Å²) >= 11 is 0. The van der Waals surface area contributed by atoms with Gasteiger partial charge in [-0.2, -0.15) is 0 Å². The minimum atomic E-state index is -3.87. The van der Waals surface area contributed by atoms with Crippen molar-refractivity contribution in [2.75, 3.05) is 24.5 Å². The van der Waals surface area contributed by atoms with Gasteiger partial charge < -0.3 is 9.84 Å². The molecule has 0 amide bonds. The third-order valence-electron chi connectivity index (χ3n) is 5.86. The Morgan fingerprint density at radius 2 is 1.67 bits per heavy atom. The summed E-state index contributed by atoms with van der Waals surface area (Å²) in [5.74, 6) is 0.448. The standard InChI is InChI=1S/C23H32N2O4S/c1-18-10-9-11-19(2)24(18)16-20(26)17-25(22-14-7-8-15-23(22)29-3)30(27,28)21-12-5-4-6-13-21/h4-8,12-15,18-20,26H,9-11,16-17H2,1-3H3/t18-,19-,20+/m1/s1. The van der Waals surface area contributed by atoms with Gasteiger partial charge >= 0.3 is 0 Å². The van der Waals surface area contributed by atoms with Crippen molar-refractivity contribution >= 4 is 15.7 Å². The summed E-state index contributed by atoms with van der Waals surface area (Å²) in [6, 6.07) is 16.0. The molecule has 2 aromatic carbocycles. The molecule has 7 heteroatoms. The van der Waals surface area contributed by atoms with E-state index >= 15 is 0 Å². The van der Waals surface area contributed by atoms with E-state index in [0.29, 0.717) is 30.1 Å². The maximum Gasteiger partial charge on any atom is 0.264 e. The van der Waals surface area contributed by atoms with Crippen LogP contribution in [0, 0.1) is 0 Å². The van der Waals surface area contributed by atoms with Gasteiger partial charge in [0.2, 0.25) is 0 Å². The number of ether oxygens (including phenoxy) is 1. The molecule has 0 aliphatic carbocycles. The molecule has 0 aromatic heterocycles. The minimum absolute atomic E-state index is 0.0481. The molecule has 2 aromatic rings. The number of aliphatic hydroxyl groups excluding tert-OH is 1. The molecule has 164 valence electrons. The molecular formula is C23H32N2O4S. The second-order valence-corrected chi connectivity index (χ2v) is 9.86. The predicted octanol–water partition coefficient (Wildman–Crippen LogP) is 3.51. The molecule has 0 unspecified atom stereocenters. The van der Waals surface area contributed by atoms with E-state index in [9.17, 15) is 13.5 Å². The third-order valence-corrected chi connectivity index (χ3v) is 7.65. The molecule has 6 nitrogen and oxygen atoms in total. The Morgan fingerprint density at radius 3 is 2.30 bits per heavy atom. The lowest BCUT2D eigenvalue weighted by atomic mass is 9.97. The molecule has 1 fully saturated rings. The Balaban J connectivity index is 1.92. The van der Waals surface area contributed by atoms with Crippen LogP contribution in [0.3, 0.4) is 0 Å². The van der Waals surface area contributed by atoms with Crippen LogP contribution in [0.25, 0.3) is 0 Å². The summed E-state index contributed by atoms with van der Waals surface area (Å²) in [7, 11) is -2.36. The lowest BCUT2D eigenvalue weighted by molar-refractivity contribution is 0.0455. The number of hydrogen-bond donors (Lipinski definition) is 1. The first-order valence-corrected chi connectivity index (χ1v) is 11.9. The van der Waals surface area contributed by atoms with Crippen molar-refractivity contribution in [1.82, 2.24) is 4.90 Å². The molecule has 0 saturated carbocycles. The molecule has 1 N–H and O–H groups in total. The molecule has 3 atom stereocenters. The maximum absolute atomic E-state index is 13.5. The minimum Gasteiger partial charge on any atom is -0.495 e. The number of piperidine rings is 1. The van der Waals surface area contributed by atoms with Gasteiger partial charge in [0.1, 0.15) is 5.75 Å². The third kappa shape index (κ3) is 4.96. The number of likely N-dealkylation sites (tertiary alicyclic amines) is 1. The monoisotopic (exact) mass is 432 g/mol. The number of methoxy groups -OCH3 is 1. The summed E-state index contributed by atoms with van der Waals surface area (Å²) in [6.45, 7) is 4.72. The fraction of sp³-hybridized carbons (Fsp3) is 0.478. The summed E-state index contributed by atoms with van der Waals surface area (Å²) in [5, 5.41) is 11.0. The van der Waals surface area contributed by atoms with Gasteiger partial charge in [-0.25, -0.2) is 8.42 Å². The SMILES string of the molecule is COc1ccccc1N(C[C@@H](O)CN1[C@H](C)CCC[C@H]1C)S(=O)(=O)c1ccccc1. The smallest absolute Gasteiger partial charge is 0.264 e. The number of nitrogens with zero attached hydrogens (tertiary/aromatic N) is 2. The molecule has 0 radical (unpaired) electrons. The number of benzene rings is 2. The highest BCUT2D eigenvalue weighted by molar-refractivity contribution is 7.92. The van der Waals surface area contributed by atoms with E-state index in [1.807, 2.05) is 0 Å². The second-order valence-electron chi connectivity index (χ2n) is 8.00. The largest absolute Gasteiger partial charge is 0.495 e. The molecule has 1 saturated heterocycles. The number of aliphatic hydroxyl groups is 1. The molecule has 1 heterocycles. The van der Waals surface area contributed by atoms with Crippen LogP contribution in [0.1, 0.15) is 33.1 Å². The lowest BCUT2D eigenvalue weighted by Crippen LogP contribution is -2.50. The van der Waals surface area contributed by atoms with Crippen molar-refractivity contribution < 1.29 is 18.3 Å². The maximum atomic E-state index is 13.5. The fourth-order valence-corrected chi connectivity index (χ4v) is 5.74. The first-order valence-electron chi connectivity index (χ1n) is 10.5. The highest BCUT2D eigenvalue weighted by Gasteiger charge is 2.32. The van der Waals surface area contributed by atoms with E-state index in [4.69, 9.17) is 4.74 Å². The van der Waals surface area contributed by atoms with Crippen LogP contribution in [-0.2, 0) is 10.0 Å². The number of β-amino-alcohol motifs (C(OH)–C–C–N with tert-alkyl or cyclic N) is 1. The van der Waals surface area contributed by atoms with Gasteiger partial charge in [-0.1, -0.05) is 36.8 Å². The van der Waals surface area contributed by atoms with E-state index in [1.165, 1.54) is 17.8 Å². The van der Waals surface area contributed by atoms with Crippen LogP contribution >= 0.6 is 0 Å². The molecule has 1 aliphatic rings. The Labute approximate surface area is 180 Å². The van der Waals surface area contributed by atoms with Crippen LogP contribution in [-0.4, -0.2) is 56.8 Å². The van der Waals surface area contributed by atoms with Crippen molar-refractivity contribution in [3.63, 3.8) is 0 Å². The normalized spacial score (nSPS) is 21.2. The number of hydrogen-bond acceptors (Lipinski definition) is 5. The van der Waals surface area contributed by atoms with Gasteiger partial charge in [-0.3, -0.25) is 9.21 Å². The van der Waals surface area contributed by atoms with Crippen LogP contribution in [0.2, 0.25) is 0 Å². The Morgan fingerprint density at radius 1 is 1.07 bits per heavy atom. The van der Waals surface area contributed by atoms with Gasteiger partial charge in [0, 0.05) is 18.6 Å². The van der Waals surface area contributed by atoms with E-state index in [2.05, 4.69) is 18.7 Å². The van der Waals surface area contributed by atoms with Gasteiger partial charge in [0.15, 0.2) is 0 Å². The highest BCUT2D eigenvalue weighted by Crippen LogP contribution is 2.32. The van der Waals surface area contributed by atoms with Gasteiger partial charge in [-0.05, 0) is 51.0 Å². The van der Waals surface area contributed by atoms with Gasteiger partial charge in [0.25, 0.3) is 10.0 Å². The Bertz CT molecular complexity index is 910. The van der Waals surface area contributed by atoms with Crippen LogP contribution in [0.5, 0.6) is 5.75 Å². The second kappa shape index (κ2) is 9.81. The lowest BCUT2D eigenvalue weighted by Gasteiger charge is -2.40. The van der Waals surface area contributed by atoms with Crippen molar-refractivity contribution in [1.29, 1.82) is 0 Å². The summed E-state index contributed by atoms with van der Waals surface area (Å²) in [4.78, 5) is 2.46. The predicted molar refractivity (Wildman–Crippen MR) is 119 cm³/mol. The van der Waals surface area contributed by atoms with Crippen molar-refractivity contribution in [2.24, 2.45) is 0 Å². The van der Waals surface area contributed by atoms with E-state index in [-0.39, 0.29) is 11.4 Å². The summed E-state index contributed by atoms with van der Waals surface area (Å²) in [5.41, 5.74) is 0.419. The zero-order valence-corrected chi connectivity index (χ0v) is 18.8. The van der Waals surface area contributed by atoms with Crippen molar-refractivity contribution in [2.45, 2.75) is 56.2 Å². The Hall–Kier alpha value is -2.09. The van der Waals surface area contributed by atoms with Gasteiger partial charge in [0.05, 0.1) is 30.3 Å². The number of anilines is 1. The first-order chi connectivity index (χ1) is 14.3. The quantitative estimate of drug-likeness (QED) is 0.691. The van der Waals surface area contributed by atoms with Crippen LogP contribution in [0.15, 0.2) is 59.5 Å². The van der Waals surface area contributed by atoms with Gasteiger partial charge in [-0.15, -0.1) is 0 Å².